The zero-order valence-electron chi connectivity index (χ0n) is 18.0. The number of rotatable bonds is 7. The Labute approximate surface area is 195 Å². The number of amides is 2. The van der Waals surface area contributed by atoms with E-state index in [9.17, 15) is 14.4 Å². The summed E-state index contributed by atoms with van der Waals surface area (Å²) in [5.41, 5.74) is 7.79. The first-order valence-corrected chi connectivity index (χ1v) is 11.1. The highest BCUT2D eigenvalue weighted by molar-refractivity contribution is 7.71. The maximum Gasteiger partial charge on any atom is 0.262 e. The van der Waals surface area contributed by atoms with Crippen molar-refractivity contribution in [2.24, 2.45) is 5.73 Å². The second-order valence-electron chi connectivity index (χ2n) is 8.08. The number of anilines is 1. The summed E-state index contributed by atoms with van der Waals surface area (Å²) in [5, 5.41) is 3.34. The molecular formula is C24H25N5O3S. The quantitative estimate of drug-likeness (QED) is 0.368. The first-order valence-electron chi connectivity index (χ1n) is 10.7. The molecule has 1 aromatic heterocycles. The van der Waals surface area contributed by atoms with Crippen molar-refractivity contribution in [3.63, 3.8) is 0 Å². The predicted octanol–water partition coefficient (Wildman–Crippen LogP) is 2.95. The van der Waals surface area contributed by atoms with Crippen LogP contribution in [0.2, 0.25) is 0 Å². The Morgan fingerprint density at radius 3 is 2.85 bits per heavy atom. The lowest BCUT2D eigenvalue weighted by Gasteiger charge is -2.22. The highest BCUT2D eigenvalue weighted by Crippen LogP contribution is 2.22. The Morgan fingerprint density at radius 2 is 2.09 bits per heavy atom. The number of nitrogens with one attached hydrogen (secondary N) is 2. The second kappa shape index (κ2) is 9.51. The molecule has 4 N–H and O–H groups in total. The van der Waals surface area contributed by atoms with Crippen LogP contribution in [0.1, 0.15) is 28.8 Å². The monoisotopic (exact) mass is 463 g/mol. The van der Waals surface area contributed by atoms with Gasteiger partial charge in [0.1, 0.15) is 0 Å². The van der Waals surface area contributed by atoms with Gasteiger partial charge in [-0.2, -0.15) is 0 Å². The Bertz CT molecular complexity index is 1360. The van der Waals surface area contributed by atoms with E-state index in [4.69, 9.17) is 18.0 Å². The molecule has 2 amide bonds. The number of likely N-dealkylation sites (tertiary alicyclic amines) is 1. The molecule has 1 saturated heterocycles. The zero-order chi connectivity index (χ0) is 23.5. The fourth-order valence-corrected chi connectivity index (χ4v) is 4.48. The molecule has 1 aliphatic rings. The van der Waals surface area contributed by atoms with Crippen LogP contribution in [0.15, 0.2) is 59.9 Å². The molecule has 1 unspecified atom stereocenters. The van der Waals surface area contributed by atoms with E-state index in [1.807, 2.05) is 18.2 Å². The van der Waals surface area contributed by atoms with Crippen LogP contribution in [-0.4, -0.2) is 38.9 Å². The minimum Gasteiger partial charge on any atom is -0.368 e. The summed E-state index contributed by atoms with van der Waals surface area (Å²) in [6.45, 7) is 5.35. The number of nitrogens with zero attached hydrogens (tertiary/aromatic N) is 2. The van der Waals surface area contributed by atoms with Gasteiger partial charge in [0.15, 0.2) is 4.77 Å². The van der Waals surface area contributed by atoms with Gasteiger partial charge in [-0.25, -0.2) is 0 Å². The van der Waals surface area contributed by atoms with Crippen LogP contribution >= 0.6 is 12.2 Å². The Kier molecular flexibility index (Phi) is 6.52. The summed E-state index contributed by atoms with van der Waals surface area (Å²) < 4.78 is 1.69. The van der Waals surface area contributed by atoms with E-state index in [1.54, 1.807) is 30.3 Å². The first-order chi connectivity index (χ1) is 15.9. The third-order valence-electron chi connectivity index (χ3n) is 5.82. The summed E-state index contributed by atoms with van der Waals surface area (Å²) in [4.78, 5) is 42.2. The molecule has 0 aliphatic carbocycles. The van der Waals surface area contributed by atoms with Gasteiger partial charge < -0.3 is 16.0 Å². The number of carbonyl (C=O) groups excluding carboxylic acids is 2. The number of benzene rings is 2. The summed E-state index contributed by atoms with van der Waals surface area (Å²) in [6, 6.07) is 12.1. The number of primary amides is 1. The van der Waals surface area contributed by atoms with Crippen molar-refractivity contribution in [3.05, 3.63) is 81.4 Å². The number of carbonyl (C=O) groups is 2. The van der Waals surface area contributed by atoms with Gasteiger partial charge in [-0.3, -0.25) is 23.9 Å². The van der Waals surface area contributed by atoms with Crippen molar-refractivity contribution in [3.8, 4) is 0 Å². The molecule has 2 heterocycles. The summed E-state index contributed by atoms with van der Waals surface area (Å²) in [5.74, 6) is -0.608. The van der Waals surface area contributed by atoms with Crippen molar-refractivity contribution >= 4 is 40.6 Å². The van der Waals surface area contributed by atoms with E-state index in [2.05, 4.69) is 21.8 Å². The number of hydrogen-bond acceptors (Lipinski definition) is 5. The third-order valence-corrected chi connectivity index (χ3v) is 6.14. The van der Waals surface area contributed by atoms with Gasteiger partial charge >= 0.3 is 0 Å². The van der Waals surface area contributed by atoms with E-state index in [0.717, 1.165) is 24.9 Å². The van der Waals surface area contributed by atoms with Crippen LogP contribution in [0.25, 0.3) is 10.9 Å². The predicted molar refractivity (Wildman–Crippen MR) is 131 cm³/mol. The second-order valence-corrected chi connectivity index (χ2v) is 8.47. The third kappa shape index (κ3) is 4.79. The van der Waals surface area contributed by atoms with Crippen LogP contribution in [0.3, 0.4) is 0 Å². The maximum atomic E-state index is 12.9. The van der Waals surface area contributed by atoms with Crippen LogP contribution in [0.5, 0.6) is 0 Å². The van der Waals surface area contributed by atoms with Crippen molar-refractivity contribution in [1.29, 1.82) is 0 Å². The standard InChI is InChI=1S/C24H25N5O3S/c1-2-10-29-23(32)18-9-8-16(13-19(18)27-24(29)33)22(31)26-17-6-3-5-15(12-17)14-28-11-4-7-20(28)21(25)30/h2-3,5-6,8-9,12-13,20H,1,4,7,10-11,14H2,(H2,25,30)(H,26,31)(H,27,33). The van der Waals surface area contributed by atoms with Crippen LogP contribution in [0, 0.1) is 4.77 Å². The molecule has 0 spiro atoms. The fourth-order valence-electron chi connectivity index (χ4n) is 4.21. The topological polar surface area (TPSA) is 113 Å². The van der Waals surface area contributed by atoms with E-state index < -0.39 is 0 Å². The van der Waals surface area contributed by atoms with E-state index in [0.29, 0.717) is 35.2 Å². The minimum absolute atomic E-state index is 0.232. The number of allylic oxidation sites excluding steroid dienone is 1. The normalized spacial score (nSPS) is 16.1. The van der Waals surface area contributed by atoms with E-state index >= 15 is 0 Å². The van der Waals surface area contributed by atoms with Gasteiger partial charge in [0, 0.05) is 24.3 Å². The molecule has 1 fully saturated rings. The highest BCUT2D eigenvalue weighted by atomic mass is 32.1. The van der Waals surface area contributed by atoms with Crippen LogP contribution in [0.4, 0.5) is 5.69 Å². The number of aromatic nitrogens is 2. The van der Waals surface area contributed by atoms with Gasteiger partial charge in [-0.05, 0) is 67.5 Å². The molecule has 0 bridgehead atoms. The number of fused-ring (bicyclic) bond motifs is 1. The van der Waals surface area contributed by atoms with E-state index in [1.165, 1.54) is 4.57 Å². The lowest BCUT2D eigenvalue weighted by atomic mass is 10.1. The van der Waals surface area contributed by atoms with Gasteiger partial charge in [-0.15, -0.1) is 6.58 Å². The maximum absolute atomic E-state index is 12.9. The molecule has 0 saturated carbocycles. The Hall–Kier alpha value is -3.56. The average molecular weight is 464 g/mol. The number of hydrogen-bond donors (Lipinski definition) is 3. The van der Waals surface area contributed by atoms with Crippen LogP contribution in [-0.2, 0) is 17.9 Å². The van der Waals surface area contributed by atoms with Crippen molar-refractivity contribution in [2.75, 3.05) is 11.9 Å². The molecule has 8 nitrogen and oxygen atoms in total. The highest BCUT2D eigenvalue weighted by Gasteiger charge is 2.28. The van der Waals surface area contributed by atoms with Gasteiger partial charge in [0.25, 0.3) is 11.5 Å². The van der Waals surface area contributed by atoms with Crippen molar-refractivity contribution in [1.82, 2.24) is 14.5 Å². The number of aromatic amines is 1. The lowest BCUT2D eigenvalue weighted by molar-refractivity contribution is -0.122. The Balaban J connectivity index is 1.53. The molecule has 9 heteroatoms. The van der Waals surface area contributed by atoms with Gasteiger partial charge in [-0.1, -0.05) is 18.2 Å². The molecule has 1 atom stereocenters. The van der Waals surface area contributed by atoms with E-state index in [-0.39, 0.29) is 28.2 Å². The number of H-pyrrole nitrogens is 1. The van der Waals surface area contributed by atoms with Gasteiger partial charge in [0.2, 0.25) is 5.91 Å². The summed E-state index contributed by atoms with van der Waals surface area (Å²) in [6.07, 6.45) is 3.31. The smallest absolute Gasteiger partial charge is 0.262 e. The first kappa shape index (κ1) is 22.6. The summed E-state index contributed by atoms with van der Waals surface area (Å²) >= 11 is 5.27. The number of nitrogens with two attached hydrogens (primary N) is 1. The fraction of sp³-hybridized carbons (Fsp3) is 0.250. The molecule has 3 aromatic rings. The zero-order valence-corrected chi connectivity index (χ0v) is 18.9. The molecule has 2 aromatic carbocycles. The largest absolute Gasteiger partial charge is 0.368 e. The lowest BCUT2D eigenvalue weighted by Crippen LogP contribution is -2.39. The average Bonchev–Trinajstić information content (AvgIpc) is 3.25. The molecule has 4 rings (SSSR count). The molecule has 1 aliphatic heterocycles. The molecule has 170 valence electrons. The minimum atomic E-state index is -0.306. The SMILES string of the molecule is C=CCn1c(=S)[nH]c2cc(C(=O)Nc3cccc(CN4CCCC4C(N)=O)c3)ccc2c1=O. The van der Waals surface area contributed by atoms with Crippen molar-refractivity contribution in [2.45, 2.75) is 32.0 Å². The van der Waals surface area contributed by atoms with Gasteiger partial charge in [0.05, 0.1) is 16.9 Å². The Morgan fingerprint density at radius 1 is 1.27 bits per heavy atom. The molecule has 33 heavy (non-hydrogen) atoms. The summed E-state index contributed by atoms with van der Waals surface area (Å²) in [7, 11) is 0. The molecule has 0 radical (unpaired) electrons. The van der Waals surface area contributed by atoms with Crippen LogP contribution < -0.4 is 16.6 Å². The van der Waals surface area contributed by atoms with Crippen molar-refractivity contribution < 1.29 is 9.59 Å². The molecular weight excluding hydrogens is 438 g/mol.